The Morgan fingerprint density at radius 2 is 1.76 bits per heavy atom. The summed E-state index contributed by atoms with van der Waals surface area (Å²) >= 11 is 0. The average Bonchev–Trinajstić information content (AvgIpc) is 2.61. The summed E-state index contributed by atoms with van der Waals surface area (Å²) in [5.41, 5.74) is -0.208. The van der Waals surface area contributed by atoms with Crippen LogP contribution in [0.5, 0.6) is 11.5 Å². The molecule has 8 heteroatoms. The number of carbonyl (C=O) groups excluding carboxylic acids is 1. The van der Waals surface area contributed by atoms with Crippen molar-refractivity contribution < 1.29 is 23.6 Å². The normalized spacial score (nSPS) is 10.2. The number of nitro benzene ring substituents is 1. The smallest absolute Gasteiger partial charge is 0.310 e. The van der Waals surface area contributed by atoms with Crippen LogP contribution in [0.15, 0.2) is 48.5 Å². The summed E-state index contributed by atoms with van der Waals surface area (Å²) < 4.78 is 23.9. The summed E-state index contributed by atoms with van der Waals surface area (Å²) in [6.07, 6.45) is 0. The van der Waals surface area contributed by atoms with Crippen LogP contribution in [0.2, 0.25) is 0 Å². The predicted octanol–water partition coefficient (Wildman–Crippen LogP) is 2.65. The number of rotatable bonds is 8. The molecule has 0 aliphatic rings. The number of halogens is 1. The van der Waals surface area contributed by atoms with Gasteiger partial charge < -0.3 is 14.4 Å². The molecule has 0 heterocycles. The van der Waals surface area contributed by atoms with E-state index in [2.05, 4.69) is 0 Å². The molecule has 0 aliphatic heterocycles. The lowest BCUT2D eigenvalue weighted by molar-refractivity contribution is -0.385. The number of benzene rings is 2. The van der Waals surface area contributed by atoms with Gasteiger partial charge in [0.1, 0.15) is 6.61 Å². The second-order valence-electron chi connectivity index (χ2n) is 5.11. The van der Waals surface area contributed by atoms with E-state index in [1.165, 1.54) is 42.3 Å². The highest BCUT2D eigenvalue weighted by molar-refractivity contribution is 5.77. The van der Waals surface area contributed by atoms with Crippen LogP contribution in [0.1, 0.15) is 0 Å². The first-order chi connectivity index (χ1) is 12.0. The lowest BCUT2D eigenvalue weighted by atomic mass is 10.3. The molecule has 0 unspecified atom stereocenters. The first-order valence-corrected chi connectivity index (χ1v) is 7.46. The van der Waals surface area contributed by atoms with Gasteiger partial charge in [-0.15, -0.1) is 0 Å². The lowest BCUT2D eigenvalue weighted by Gasteiger charge is -2.18. The van der Waals surface area contributed by atoms with Crippen molar-refractivity contribution in [2.24, 2.45) is 0 Å². The zero-order valence-corrected chi connectivity index (χ0v) is 13.6. The van der Waals surface area contributed by atoms with Crippen LogP contribution in [0.4, 0.5) is 10.1 Å². The maximum atomic E-state index is 13.4. The minimum atomic E-state index is -0.578. The van der Waals surface area contributed by atoms with Gasteiger partial charge in [-0.1, -0.05) is 24.3 Å². The fourth-order valence-electron chi connectivity index (χ4n) is 1.96. The summed E-state index contributed by atoms with van der Waals surface area (Å²) in [5, 5.41) is 10.9. The minimum Gasteiger partial charge on any atom is -0.489 e. The summed E-state index contributed by atoms with van der Waals surface area (Å²) in [4.78, 5) is 23.7. The Balaban J connectivity index is 1.81. The maximum absolute atomic E-state index is 13.4. The Morgan fingerprint density at radius 1 is 1.12 bits per heavy atom. The van der Waals surface area contributed by atoms with Crippen LogP contribution >= 0.6 is 0 Å². The van der Waals surface area contributed by atoms with Crippen molar-refractivity contribution in [1.29, 1.82) is 0 Å². The largest absolute Gasteiger partial charge is 0.489 e. The molecule has 0 saturated carbocycles. The number of hydrogen-bond acceptors (Lipinski definition) is 5. The number of nitrogens with zero attached hydrogens (tertiary/aromatic N) is 2. The summed E-state index contributed by atoms with van der Waals surface area (Å²) in [7, 11) is 1.54. The Morgan fingerprint density at radius 3 is 2.44 bits per heavy atom. The molecular formula is C17H17FN2O5. The van der Waals surface area contributed by atoms with E-state index >= 15 is 0 Å². The predicted molar refractivity (Wildman–Crippen MR) is 88.1 cm³/mol. The highest BCUT2D eigenvalue weighted by Gasteiger charge is 2.16. The van der Waals surface area contributed by atoms with Gasteiger partial charge in [0, 0.05) is 13.1 Å². The van der Waals surface area contributed by atoms with Gasteiger partial charge in [0.25, 0.3) is 5.91 Å². The van der Waals surface area contributed by atoms with Crippen molar-refractivity contribution in [3.63, 3.8) is 0 Å². The number of carbonyl (C=O) groups is 1. The molecule has 0 bridgehead atoms. The molecule has 0 aromatic heterocycles. The van der Waals surface area contributed by atoms with E-state index in [9.17, 15) is 19.3 Å². The summed E-state index contributed by atoms with van der Waals surface area (Å²) in [5.74, 6) is -0.720. The third-order valence-electron chi connectivity index (χ3n) is 3.36. The van der Waals surface area contributed by atoms with Gasteiger partial charge in [-0.25, -0.2) is 4.39 Å². The number of ether oxygens (including phenoxy) is 2. The second kappa shape index (κ2) is 8.62. The molecule has 0 aliphatic carbocycles. The van der Waals surface area contributed by atoms with E-state index in [-0.39, 0.29) is 42.9 Å². The Hall–Kier alpha value is -3.16. The molecule has 0 fully saturated rings. The van der Waals surface area contributed by atoms with Gasteiger partial charge >= 0.3 is 5.69 Å². The van der Waals surface area contributed by atoms with Gasteiger partial charge in [-0.3, -0.25) is 14.9 Å². The van der Waals surface area contributed by atoms with Crippen LogP contribution in [0.3, 0.4) is 0 Å². The van der Waals surface area contributed by atoms with Gasteiger partial charge in [0.05, 0.1) is 11.5 Å². The van der Waals surface area contributed by atoms with E-state index < -0.39 is 10.7 Å². The standard InChI is InChI=1S/C17H17FN2O5/c1-19(10-11-24-15-8-4-2-6-13(15)18)17(21)12-25-16-9-5-3-7-14(16)20(22)23/h2-9H,10-12H2,1H3. The third kappa shape index (κ3) is 5.17. The van der Waals surface area contributed by atoms with E-state index in [4.69, 9.17) is 9.47 Å². The zero-order valence-electron chi connectivity index (χ0n) is 13.6. The highest BCUT2D eigenvalue weighted by Crippen LogP contribution is 2.25. The molecule has 1 amide bonds. The summed E-state index contributed by atoms with van der Waals surface area (Å²) in [6, 6.07) is 11.8. The number of nitro groups is 1. The summed E-state index contributed by atoms with van der Waals surface area (Å²) in [6.45, 7) is -0.0247. The second-order valence-corrected chi connectivity index (χ2v) is 5.11. The van der Waals surface area contributed by atoms with E-state index in [0.29, 0.717) is 0 Å². The molecule has 0 saturated heterocycles. The van der Waals surface area contributed by atoms with E-state index in [1.807, 2.05) is 0 Å². The highest BCUT2D eigenvalue weighted by atomic mass is 19.1. The number of amides is 1. The zero-order chi connectivity index (χ0) is 18.2. The molecule has 2 rings (SSSR count). The topological polar surface area (TPSA) is 81.9 Å². The van der Waals surface area contributed by atoms with Crippen molar-refractivity contribution in [3.05, 3.63) is 64.5 Å². The van der Waals surface area contributed by atoms with Gasteiger partial charge in [-0.05, 0) is 18.2 Å². The van der Waals surface area contributed by atoms with Gasteiger partial charge in [-0.2, -0.15) is 0 Å². The van der Waals surface area contributed by atoms with Gasteiger partial charge in [0.2, 0.25) is 0 Å². The molecule has 0 atom stereocenters. The number of likely N-dealkylation sites (N-methyl/N-ethyl adjacent to an activating group) is 1. The molecule has 0 radical (unpaired) electrons. The minimum absolute atomic E-state index is 0.0249. The fourth-order valence-corrected chi connectivity index (χ4v) is 1.96. The van der Waals surface area contributed by atoms with Crippen molar-refractivity contribution >= 4 is 11.6 Å². The van der Waals surface area contributed by atoms with Crippen LogP contribution in [-0.4, -0.2) is 42.5 Å². The van der Waals surface area contributed by atoms with Crippen LogP contribution in [0.25, 0.3) is 0 Å². The van der Waals surface area contributed by atoms with Crippen molar-refractivity contribution in [1.82, 2.24) is 4.90 Å². The van der Waals surface area contributed by atoms with E-state index in [1.54, 1.807) is 18.2 Å². The number of para-hydroxylation sites is 3. The average molecular weight is 348 g/mol. The molecule has 0 spiro atoms. The molecule has 7 nitrogen and oxygen atoms in total. The first kappa shape index (κ1) is 18.2. The number of hydrogen-bond donors (Lipinski definition) is 0. The molecule has 2 aromatic rings. The van der Waals surface area contributed by atoms with Crippen LogP contribution < -0.4 is 9.47 Å². The molecular weight excluding hydrogens is 331 g/mol. The molecule has 2 aromatic carbocycles. The third-order valence-corrected chi connectivity index (χ3v) is 3.36. The monoisotopic (exact) mass is 348 g/mol. The Bertz CT molecular complexity index is 753. The van der Waals surface area contributed by atoms with Crippen molar-refractivity contribution in [3.8, 4) is 11.5 Å². The Kier molecular flexibility index (Phi) is 6.27. The van der Waals surface area contributed by atoms with E-state index in [0.717, 1.165) is 0 Å². The Labute approximate surface area is 143 Å². The quantitative estimate of drug-likeness (QED) is 0.541. The maximum Gasteiger partial charge on any atom is 0.310 e. The van der Waals surface area contributed by atoms with Crippen molar-refractivity contribution in [2.45, 2.75) is 0 Å². The van der Waals surface area contributed by atoms with Crippen LogP contribution in [0, 0.1) is 15.9 Å². The molecule has 132 valence electrons. The van der Waals surface area contributed by atoms with Gasteiger partial charge in [0.15, 0.2) is 23.9 Å². The molecule has 25 heavy (non-hydrogen) atoms. The van der Waals surface area contributed by atoms with Crippen molar-refractivity contribution in [2.75, 3.05) is 26.8 Å². The van der Waals surface area contributed by atoms with Crippen LogP contribution in [-0.2, 0) is 4.79 Å². The molecule has 0 N–H and O–H groups in total. The lowest BCUT2D eigenvalue weighted by Crippen LogP contribution is -2.34. The fraction of sp³-hybridized carbons (Fsp3) is 0.235. The SMILES string of the molecule is CN(CCOc1ccccc1F)C(=O)COc1ccccc1[N+](=O)[O-]. The first-order valence-electron chi connectivity index (χ1n) is 7.46.